The normalized spacial score (nSPS) is 16.3. The highest BCUT2D eigenvalue weighted by molar-refractivity contribution is 7.11. The van der Waals surface area contributed by atoms with Crippen molar-refractivity contribution in [2.24, 2.45) is 11.7 Å². The second kappa shape index (κ2) is 14.4. The Kier molecular flexibility index (Phi) is 10.4. The van der Waals surface area contributed by atoms with Crippen molar-refractivity contribution in [1.29, 1.82) is 0 Å². The van der Waals surface area contributed by atoms with E-state index >= 15 is 0 Å². The van der Waals surface area contributed by atoms with Crippen molar-refractivity contribution in [3.63, 3.8) is 0 Å². The Balaban J connectivity index is 1.30. The molecule has 0 bridgehead atoms. The second-order valence-corrected chi connectivity index (χ2v) is 11.2. The van der Waals surface area contributed by atoms with Crippen LogP contribution in [-0.4, -0.2) is 50.8 Å². The number of nitrogens with one attached hydrogen (secondary N) is 3. The van der Waals surface area contributed by atoms with Crippen molar-refractivity contribution >= 4 is 40.6 Å². The fraction of sp³-hybridized carbons (Fsp3) is 0.367. The number of hydrogen-bond acceptors (Lipinski definition) is 6. The number of H-pyrrole nitrogens is 1. The predicted octanol–water partition coefficient (Wildman–Crippen LogP) is 3.66. The maximum absolute atomic E-state index is 13.0. The summed E-state index contributed by atoms with van der Waals surface area (Å²) >= 11 is 1.76. The van der Waals surface area contributed by atoms with E-state index in [0.717, 1.165) is 19.3 Å². The molecule has 1 aromatic carbocycles. The third kappa shape index (κ3) is 8.87. The van der Waals surface area contributed by atoms with Crippen LogP contribution in [-0.2, 0) is 25.6 Å². The summed E-state index contributed by atoms with van der Waals surface area (Å²) in [6.07, 6.45) is 8.73. The SMILES string of the molecule is NC(=O)[C@H](CCC(=O)O)NC(=O)[C@H](Cc1cnc[nH]1)NC(=O)CCC1CC=C(c2cc(-c3ccccc3)cs2)CC1. The zero-order valence-corrected chi connectivity index (χ0v) is 23.5. The van der Waals surface area contributed by atoms with E-state index in [1.54, 1.807) is 17.5 Å². The van der Waals surface area contributed by atoms with Crippen LogP contribution in [0.2, 0.25) is 0 Å². The van der Waals surface area contributed by atoms with Gasteiger partial charge in [-0.3, -0.25) is 19.2 Å². The summed E-state index contributed by atoms with van der Waals surface area (Å²) in [6, 6.07) is 10.4. The molecule has 3 amide bonds. The number of thiophene rings is 1. The number of nitrogens with zero attached hydrogens (tertiary/aromatic N) is 1. The molecule has 0 fully saturated rings. The number of carbonyl (C=O) groups is 4. The monoisotopic (exact) mass is 577 g/mol. The Morgan fingerprint density at radius 1 is 1.10 bits per heavy atom. The number of nitrogens with two attached hydrogens (primary N) is 1. The number of aromatic amines is 1. The van der Waals surface area contributed by atoms with E-state index in [1.165, 1.54) is 27.9 Å². The summed E-state index contributed by atoms with van der Waals surface area (Å²) in [6.45, 7) is 0. The number of benzene rings is 1. The van der Waals surface area contributed by atoms with Gasteiger partial charge in [-0.2, -0.15) is 0 Å². The molecule has 4 rings (SSSR count). The van der Waals surface area contributed by atoms with Crippen molar-refractivity contribution < 1.29 is 24.3 Å². The largest absolute Gasteiger partial charge is 0.481 e. The molecule has 0 aliphatic heterocycles. The summed E-state index contributed by atoms with van der Waals surface area (Å²) in [4.78, 5) is 56.7. The van der Waals surface area contributed by atoms with Gasteiger partial charge in [-0.1, -0.05) is 36.4 Å². The molecule has 0 spiro atoms. The molecule has 0 radical (unpaired) electrons. The quantitative estimate of drug-likeness (QED) is 0.196. The van der Waals surface area contributed by atoms with Gasteiger partial charge in [0.2, 0.25) is 17.7 Å². The van der Waals surface area contributed by atoms with Gasteiger partial charge in [0.1, 0.15) is 12.1 Å². The molecule has 10 nitrogen and oxygen atoms in total. The number of imidazole rings is 1. The van der Waals surface area contributed by atoms with E-state index in [0.29, 0.717) is 18.0 Å². The first-order valence-corrected chi connectivity index (χ1v) is 14.6. The molecular weight excluding hydrogens is 542 g/mol. The second-order valence-electron chi connectivity index (χ2n) is 10.3. The van der Waals surface area contributed by atoms with Gasteiger partial charge in [-0.25, -0.2) is 4.98 Å². The number of carbonyl (C=O) groups excluding carboxylic acids is 3. The number of primary amides is 1. The number of aliphatic carboxylic acids is 1. The fourth-order valence-electron chi connectivity index (χ4n) is 4.91. The predicted molar refractivity (Wildman–Crippen MR) is 157 cm³/mol. The highest BCUT2D eigenvalue weighted by atomic mass is 32.1. The average molecular weight is 578 g/mol. The number of carboxylic acids is 1. The lowest BCUT2D eigenvalue weighted by Crippen LogP contribution is -2.53. The molecule has 3 aromatic rings. The Hall–Kier alpha value is -4.25. The van der Waals surface area contributed by atoms with Gasteiger partial charge in [0, 0.05) is 36.0 Å². The van der Waals surface area contributed by atoms with Crippen LogP contribution in [0.4, 0.5) is 0 Å². The van der Waals surface area contributed by atoms with Crippen LogP contribution in [0, 0.1) is 5.92 Å². The third-order valence-electron chi connectivity index (χ3n) is 7.26. The van der Waals surface area contributed by atoms with Crippen molar-refractivity contribution in [2.45, 2.75) is 63.5 Å². The third-order valence-corrected chi connectivity index (χ3v) is 8.27. The lowest BCUT2D eigenvalue weighted by atomic mass is 9.86. The van der Waals surface area contributed by atoms with Crippen LogP contribution >= 0.6 is 11.3 Å². The molecule has 2 aromatic heterocycles. The molecule has 6 N–H and O–H groups in total. The van der Waals surface area contributed by atoms with Crippen molar-refractivity contribution in [1.82, 2.24) is 20.6 Å². The standard InChI is InChI=1S/C30H35N5O5S/c31-29(39)24(11-13-28(37)38)35-30(40)25(15-23-16-32-18-33-23)34-27(36)12-8-19-6-9-21(10-7-19)26-14-22(17-41-26)20-4-2-1-3-5-20/h1-5,9,14,16-19,24-25H,6-8,10-13,15H2,(H2,31,39)(H,32,33)(H,34,36)(H,35,40)(H,37,38)/t19?,24-,25-/m0/s1. The topological polar surface area (TPSA) is 167 Å². The molecule has 41 heavy (non-hydrogen) atoms. The van der Waals surface area contributed by atoms with Gasteiger partial charge < -0.3 is 26.5 Å². The number of allylic oxidation sites excluding steroid dienone is 2. The highest BCUT2D eigenvalue weighted by Gasteiger charge is 2.27. The Morgan fingerprint density at radius 2 is 1.90 bits per heavy atom. The van der Waals surface area contributed by atoms with E-state index < -0.39 is 29.9 Å². The maximum atomic E-state index is 13.0. The van der Waals surface area contributed by atoms with Crippen LogP contribution < -0.4 is 16.4 Å². The highest BCUT2D eigenvalue weighted by Crippen LogP contribution is 2.37. The minimum absolute atomic E-state index is 0.128. The van der Waals surface area contributed by atoms with Crippen LogP contribution in [0.25, 0.3) is 16.7 Å². The number of amides is 3. The van der Waals surface area contributed by atoms with E-state index in [1.807, 2.05) is 18.2 Å². The van der Waals surface area contributed by atoms with E-state index in [4.69, 9.17) is 10.8 Å². The van der Waals surface area contributed by atoms with Crippen LogP contribution in [0.5, 0.6) is 0 Å². The zero-order valence-electron chi connectivity index (χ0n) is 22.7. The Morgan fingerprint density at radius 3 is 2.56 bits per heavy atom. The molecule has 216 valence electrons. The van der Waals surface area contributed by atoms with Crippen LogP contribution in [0.15, 0.2) is 60.4 Å². The molecule has 2 heterocycles. The van der Waals surface area contributed by atoms with E-state index in [-0.39, 0.29) is 31.6 Å². The van der Waals surface area contributed by atoms with Gasteiger partial charge in [-0.05, 0) is 66.2 Å². The maximum Gasteiger partial charge on any atom is 0.303 e. The Labute approximate surface area is 242 Å². The van der Waals surface area contributed by atoms with E-state index in [2.05, 4.69) is 50.3 Å². The first kappa shape index (κ1) is 29.7. The van der Waals surface area contributed by atoms with Crippen LogP contribution in [0.1, 0.15) is 55.5 Å². The van der Waals surface area contributed by atoms with Crippen molar-refractivity contribution in [2.75, 3.05) is 0 Å². The van der Waals surface area contributed by atoms with Gasteiger partial charge in [0.15, 0.2) is 0 Å². The summed E-state index contributed by atoms with van der Waals surface area (Å²) in [7, 11) is 0. The van der Waals surface area contributed by atoms with Gasteiger partial charge >= 0.3 is 5.97 Å². The molecule has 11 heteroatoms. The molecule has 3 atom stereocenters. The molecule has 0 saturated heterocycles. The number of carboxylic acid groups (broad SMARTS) is 1. The van der Waals surface area contributed by atoms with Crippen molar-refractivity contribution in [3.8, 4) is 11.1 Å². The lowest BCUT2D eigenvalue weighted by Gasteiger charge is -2.23. The summed E-state index contributed by atoms with van der Waals surface area (Å²) in [5.74, 6) is -2.46. The van der Waals surface area contributed by atoms with Gasteiger partial charge in [-0.15, -0.1) is 11.3 Å². The molecular formula is C30H35N5O5S. The minimum atomic E-state index is -1.16. The minimum Gasteiger partial charge on any atom is -0.481 e. The van der Waals surface area contributed by atoms with Crippen LogP contribution in [0.3, 0.4) is 0 Å². The fourth-order valence-corrected chi connectivity index (χ4v) is 5.90. The van der Waals surface area contributed by atoms with Crippen molar-refractivity contribution in [3.05, 3.63) is 70.9 Å². The first-order valence-electron chi connectivity index (χ1n) is 13.7. The molecule has 0 saturated carbocycles. The number of hydrogen-bond donors (Lipinski definition) is 5. The summed E-state index contributed by atoms with van der Waals surface area (Å²) in [5.41, 5.74) is 9.77. The summed E-state index contributed by atoms with van der Waals surface area (Å²) < 4.78 is 0. The summed E-state index contributed by atoms with van der Waals surface area (Å²) in [5, 5.41) is 16.4. The number of rotatable bonds is 14. The molecule has 1 aliphatic carbocycles. The van der Waals surface area contributed by atoms with Gasteiger partial charge in [0.25, 0.3) is 0 Å². The Bertz CT molecular complexity index is 1370. The molecule has 1 aliphatic rings. The smallest absolute Gasteiger partial charge is 0.303 e. The molecule has 1 unspecified atom stereocenters. The number of aromatic nitrogens is 2. The first-order chi connectivity index (χ1) is 19.8. The van der Waals surface area contributed by atoms with Gasteiger partial charge in [0.05, 0.1) is 6.33 Å². The lowest BCUT2D eigenvalue weighted by molar-refractivity contribution is -0.137. The zero-order chi connectivity index (χ0) is 29.2. The average Bonchev–Trinajstić information content (AvgIpc) is 3.67. The van der Waals surface area contributed by atoms with E-state index in [9.17, 15) is 19.2 Å².